The minimum absolute atomic E-state index is 0.0908. The highest BCUT2D eigenvalue weighted by atomic mass is 16.7. The van der Waals surface area contributed by atoms with Gasteiger partial charge in [0, 0.05) is 0 Å². The van der Waals surface area contributed by atoms with Crippen LogP contribution in [-0.2, 0) is 0 Å². The molecule has 0 saturated carbocycles. The molecule has 92 valence electrons. The Bertz CT molecular complexity index is 789. The van der Waals surface area contributed by atoms with Gasteiger partial charge in [0.05, 0.1) is 11.0 Å². The van der Waals surface area contributed by atoms with Gasteiger partial charge in [-0.1, -0.05) is 0 Å². The number of ether oxygens (including phenoxy) is 2. The van der Waals surface area contributed by atoms with E-state index in [9.17, 15) is 19.7 Å². The first-order chi connectivity index (χ1) is 8.58. The van der Waals surface area contributed by atoms with Crippen molar-refractivity contribution in [2.24, 2.45) is 0 Å². The Morgan fingerprint density at radius 3 is 2.78 bits per heavy atom. The molecule has 0 spiro atoms. The van der Waals surface area contributed by atoms with Crippen molar-refractivity contribution in [1.82, 2.24) is 9.97 Å². The molecular weight excluding hydrogens is 246 g/mol. The van der Waals surface area contributed by atoms with Gasteiger partial charge >= 0.3 is 5.69 Å². The van der Waals surface area contributed by atoms with Crippen LogP contribution < -0.4 is 20.7 Å². The lowest BCUT2D eigenvalue weighted by molar-refractivity contribution is -0.383. The molecule has 9 heteroatoms. The molecule has 0 saturated heterocycles. The minimum atomic E-state index is -0.825. The Morgan fingerprint density at radius 1 is 1.28 bits per heavy atom. The van der Waals surface area contributed by atoms with Gasteiger partial charge in [0.1, 0.15) is 10.9 Å². The SMILES string of the molecule is O=c1[nH]c(=O)c2c3c(cc([N+](=O)[O-])c2[nH]1)OCO3. The Labute approximate surface area is 97.1 Å². The van der Waals surface area contributed by atoms with E-state index >= 15 is 0 Å². The van der Waals surface area contributed by atoms with Crippen LogP contribution in [-0.4, -0.2) is 21.7 Å². The maximum atomic E-state index is 11.7. The third-order valence-corrected chi connectivity index (χ3v) is 2.53. The molecule has 3 rings (SSSR count). The Kier molecular flexibility index (Phi) is 1.91. The number of benzene rings is 1. The summed E-state index contributed by atoms with van der Waals surface area (Å²) in [4.78, 5) is 37.3. The predicted molar refractivity (Wildman–Crippen MR) is 58.0 cm³/mol. The van der Waals surface area contributed by atoms with Crippen LogP contribution in [0.15, 0.2) is 15.7 Å². The number of aromatic nitrogens is 2. The quantitative estimate of drug-likeness (QED) is 0.536. The van der Waals surface area contributed by atoms with E-state index in [1.54, 1.807) is 0 Å². The highest BCUT2D eigenvalue weighted by Crippen LogP contribution is 2.41. The number of hydrogen-bond acceptors (Lipinski definition) is 6. The summed E-state index contributed by atoms with van der Waals surface area (Å²) in [5, 5.41) is 10.8. The highest BCUT2D eigenvalue weighted by Gasteiger charge is 2.27. The average Bonchev–Trinajstić information content (AvgIpc) is 2.74. The van der Waals surface area contributed by atoms with E-state index in [2.05, 4.69) is 4.98 Å². The molecular formula is C9H5N3O6. The van der Waals surface area contributed by atoms with Gasteiger partial charge in [-0.25, -0.2) is 4.79 Å². The maximum Gasteiger partial charge on any atom is 0.326 e. The number of aromatic amines is 2. The molecule has 1 aliphatic heterocycles. The molecule has 0 bridgehead atoms. The van der Waals surface area contributed by atoms with E-state index in [-0.39, 0.29) is 29.2 Å². The zero-order valence-electron chi connectivity index (χ0n) is 8.68. The molecule has 2 heterocycles. The Hall–Kier alpha value is -2.84. The second-order valence-electron chi connectivity index (χ2n) is 3.54. The van der Waals surface area contributed by atoms with E-state index in [0.29, 0.717) is 0 Å². The van der Waals surface area contributed by atoms with Crippen molar-refractivity contribution in [3.05, 3.63) is 37.0 Å². The first kappa shape index (κ1) is 10.3. The van der Waals surface area contributed by atoms with Crippen molar-refractivity contribution < 1.29 is 14.4 Å². The van der Waals surface area contributed by atoms with Crippen LogP contribution in [0.5, 0.6) is 11.5 Å². The average molecular weight is 251 g/mol. The number of nitro groups is 1. The van der Waals surface area contributed by atoms with Crippen LogP contribution in [0.4, 0.5) is 5.69 Å². The lowest BCUT2D eigenvalue weighted by Crippen LogP contribution is -2.22. The van der Waals surface area contributed by atoms with Gasteiger partial charge in [0.25, 0.3) is 11.2 Å². The number of H-pyrrole nitrogens is 2. The van der Waals surface area contributed by atoms with Crippen molar-refractivity contribution in [1.29, 1.82) is 0 Å². The monoisotopic (exact) mass is 251 g/mol. The fourth-order valence-electron chi connectivity index (χ4n) is 1.83. The topological polar surface area (TPSA) is 127 Å². The van der Waals surface area contributed by atoms with Crippen LogP contribution in [0.1, 0.15) is 0 Å². The summed E-state index contributed by atoms with van der Waals surface area (Å²) >= 11 is 0. The van der Waals surface area contributed by atoms with Crippen LogP contribution in [0, 0.1) is 10.1 Å². The molecule has 9 nitrogen and oxygen atoms in total. The highest BCUT2D eigenvalue weighted by molar-refractivity contribution is 5.94. The zero-order valence-corrected chi connectivity index (χ0v) is 8.68. The summed E-state index contributed by atoms with van der Waals surface area (Å²) in [6, 6.07) is 1.11. The molecule has 1 aromatic heterocycles. The maximum absolute atomic E-state index is 11.7. The Morgan fingerprint density at radius 2 is 2.06 bits per heavy atom. The second kappa shape index (κ2) is 3.32. The minimum Gasteiger partial charge on any atom is -0.453 e. The van der Waals surface area contributed by atoms with Crippen LogP contribution in [0.25, 0.3) is 10.9 Å². The molecule has 0 unspecified atom stereocenters. The number of non-ortho nitro benzene ring substituents is 1. The molecule has 1 aromatic carbocycles. The second-order valence-corrected chi connectivity index (χ2v) is 3.54. The normalized spacial score (nSPS) is 12.9. The lowest BCUT2D eigenvalue weighted by atomic mass is 10.2. The van der Waals surface area contributed by atoms with Crippen LogP contribution in [0.2, 0.25) is 0 Å². The first-order valence-corrected chi connectivity index (χ1v) is 4.81. The number of nitrogens with zero attached hydrogens (tertiary/aromatic N) is 1. The predicted octanol–water partition coefficient (Wildman–Crippen LogP) is -0.147. The number of fused-ring (bicyclic) bond motifs is 3. The largest absolute Gasteiger partial charge is 0.453 e. The van der Waals surface area contributed by atoms with Crippen LogP contribution >= 0.6 is 0 Å². The Balaban J connectivity index is 2.59. The van der Waals surface area contributed by atoms with Gasteiger partial charge in [-0.05, 0) is 0 Å². The first-order valence-electron chi connectivity index (χ1n) is 4.81. The molecule has 18 heavy (non-hydrogen) atoms. The summed E-state index contributed by atoms with van der Waals surface area (Å²) < 4.78 is 10.1. The van der Waals surface area contributed by atoms with Crippen molar-refractivity contribution in [3.8, 4) is 11.5 Å². The summed E-state index contributed by atoms with van der Waals surface area (Å²) in [5.41, 5.74) is -2.19. The molecule has 1 aliphatic rings. The third kappa shape index (κ3) is 1.27. The standard InChI is InChI=1S/C9H5N3O6/c13-8-5-6(10-9(14)11-8)3(12(15)16)1-4-7(5)18-2-17-4/h1H,2H2,(H2,10,11,13,14). The van der Waals surface area contributed by atoms with E-state index in [0.717, 1.165) is 6.07 Å². The van der Waals surface area contributed by atoms with Crippen molar-refractivity contribution >= 4 is 16.6 Å². The van der Waals surface area contributed by atoms with E-state index in [1.165, 1.54) is 0 Å². The molecule has 0 atom stereocenters. The van der Waals surface area contributed by atoms with Gasteiger partial charge in [-0.3, -0.25) is 19.9 Å². The van der Waals surface area contributed by atoms with Crippen molar-refractivity contribution in [2.75, 3.05) is 6.79 Å². The molecule has 2 N–H and O–H groups in total. The van der Waals surface area contributed by atoms with Gasteiger partial charge in [0.15, 0.2) is 11.5 Å². The molecule has 0 amide bonds. The summed E-state index contributed by atoms with van der Waals surface area (Å²) in [5.74, 6) is 0.194. The van der Waals surface area contributed by atoms with Gasteiger partial charge < -0.3 is 14.5 Å². The molecule has 0 radical (unpaired) electrons. The number of nitro benzene ring substituents is 1. The van der Waals surface area contributed by atoms with Gasteiger partial charge in [0.2, 0.25) is 6.79 Å². The zero-order chi connectivity index (χ0) is 12.9. The molecule has 2 aromatic rings. The third-order valence-electron chi connectivity index (χ3n) is 2.53. The number of nitrogens with one attached hydrogen (secondary N) is 2. The number of hydrogen-bond donors (Lipinski definition) is 2. The lowest BCUT2D eigenvalue weighted by Gasteiger charge is -2.02. The van der Waals surface area contributed by atoms with Crippen molar-refractivity contribution in [3.63, 3.8) is 0 Å². The summed E-state index contributed by atoms with van der Waals surface area (Å²) in [6.45, 7) is -0.135. The molecule has 0 aliphatic carbocycles. The molecule has 0 fully saturated rings. The van der Waals surface area contributed by atoms with Gasteiger partial charge in [-0.15, -0.1) is 0 Å². The smallest absolute Gasteiger partial charge is 0.326 e. The summed E-state index contributed by atoms with van der Waals surface area (Å²) in [6.07, 6.45) is 0. The van der Waals surface area contributed by atoms with Gasteiger partial charge in [-0.2, -0.15) is 0 Å². The van der Waals surface area contributed by atoms with Crippen LogP contribution in [0.3, 0.4) is 0 Å². The summed E-state index contributed by atoms with van der Waals surface area (Å²) in [7, 11) is 0. The fraction of sp³-hybridized carbons (Fsp3) is 0.111. The van der Waals surface area contributed by atoms with E-state index in [4.69, 9.17) is 9.47 Å². The van der Waals surface area contributed by atoms with Crippen molar-refractivity contribution in [2.45, 2.75) is 0 Å². The number of rotatable bonds is 1. The fourth-order valence-corrected chi connectivity index (χ4v) is 1.83. The van der Waals surface area contributed by atoms with E-state index < -0.39 is 21.9 Å². The van der Waals surface area contributed by atoms with E-state index in [1.807, 2.05) is 4.98 Å².